The first-order valence-corrected chi connectivity index (χ1v) is 6.66. The molecule has 0 saturated heterocycles. The zero-order valence-corrected chi connectivity index (χ0v) is 12.1. The fraction of sp³-hybridized carbons (Fsp3) is 0.400. The highest BCUT2D eigenvalue weighted by Crippen LogP contribution is 2.17. The maximum Gasteiger partial charge on any atom is 0.146 e. The summed E-state index contributed by atoms with van der Waals surface area (Å²) in [6.07, 6.45) is 3.56. The van der Waals surface area contributed by atoms with Crippen molar-refractivity contribution in [2.75, 3.05) is 0 Å². The number of nitrogens with one attached hydrogen (secondary N) is 1. The molecular weight excluding hydrogens is 257 g/mol. The number of rotatable bonds is 6. The highest BCUT2D eigenvalue weighted by Gasteiger charge is 2.05. The van der Waals surface area contributed by atoms with Crippen LogP contribution in [0.25, 0.3) is 0 Å². The lowest BCUT2D eigenvalue weighted by Crippen LogP contribution is -2.21. The van der Waals surface area contributed by atoms with Gasteiger partial charge in [-0.3, -0.25) is 0 Å². The fourth-order valence-electron chi connectivity index (χ4n) is 1.81. The maximum atomic E-state index is 13.6. The van der Waals surface area contributed by atoms with Gasteiger partial charge in [-0.25, -0.2) is 9.37 Å². The number of imidazole rings is 1. The van der Waals surface area contributed by atoms with Crippen LogP contribution in [0.4, 0.5) is 4.39 Å². The first-order valence-electron chi connectivity index (χ1n) is 6.66. The molecule has 4 nitrogen and oxygen atoms in total. The van der Waals surface area contributed by atoms with E-state index in [1.807, 2.05) is 23.9 Å². The summed E-state index contributed by atoms with van der Waals surface area (Å²) in [6, 6.07) is 5.11. The molecule has 0 amide bonds. The average molecular weight is 277 g/mol. The monoisotopic (exact) mass is 277 g/mol. The first kappa shape index (κ1) is 14.5. The molecule has 0 aliphatic carbocycles. The molecule has 20 heavy (non-hydrogen) atoms. The Hall–Kier alpha value is -1.88. The second-order valence-corrected chi connectivity index (χ2v) is 5.07. The van der Waals surface area contributed by atoms with Crippen molar-refractivity contribution in [3.05, 3.63) is 47.8 Å². The molecule has 2 rings (SSSR count). The van der Waals surface area contributed by atoms with Gasteiger partial charge in [0.2, 0.25) is 0 Å². The maximum absolute atomic E-state index is 13.6. The summed E-state index contributed by atoms with van der Waals surface area (Å²) in [6.45, 7) is 5.05. The molecule has 0 atom stereocenters. The van der Waals surface area contributed by atoms with Crippen LogP contribution in [0.1, 0.15) is 25.2 Å². The van der Waals surface area contributed by atoms with Crippen LogP contribution in [-0.2, 0) is 20.2 Å². The van der Waals surface area contributed by atoms with E-state index in [-0.39, 0.29) is 5.82 Å². The molecule has 2 aromatic rings. The van der Waals surface area contributed by atoms with Gasteiger partial charge in [0.1, 0.15) is 24.0 Å². The second-order valence-electron chi connectivity index (χ2n) is 5.07. The van der Waals surface area contributed by atoms with Gasteiger partial charge >= 0.3 is 0 Å². The molecule has 0 radical (unpaired) electrons. The molecule has 0 unspecified atom stereocenters. The number of aromatic nitrogens is 2. The van der Waals surface area contributed by atoms with Crippen molar-refractivity contribution in [2.45, 2.75) is 33.0 Å². The summed E-state index contributed by atoms with van der Waals surface area (Å²) < 4.78 is 21.1. The third-order valence-electron chi connectivity index (χ3n) is 2.93. The normalized spacial score (nSPS) is 11.1. The van der Waals surface area contributed by atoms with E-state index in [2.05, 4.69) is 24.1 Å². The third-order valence-corrected chi connectivity index (χ3v) is 2.93. The lowest BCUT2D eigenvalue weighted by Gasteiger charge is -2.11. The summed E-state index contributed by atoms with van der Waals surface area (Å²) in [5, 5.41) is 3.26. The molecule has 1 aromatic heterocycles. The van der Waals surface area contributed by atoms with E-state index in [0.717, 1.165) is 11.4 Å². The fourth-order valence-corrected chi connectivity index (χ4v) is 1.81. The minimum Gasteiger partial charge on any atom is -0.486 e. The Kier molecular flexibility index (Phi) is 4.74. The van der Waals surface area contributed by atoms with E-state index in [9.17, 15) is 4.39 Å². The zero-order valence-electron chi connectivity index (χ0n) is 12.1. The van der Waals surface area contributed by atoms with Crippen LogP contribution < -0.4 is 10.1 Å². The number of aryl methyl sites for hydroxylation is 1. The van der Waals surface area contributed by atoms with E-state index in [1.165, 1.54) is 12.1 Å². The van der Waals surface area contributed by atoms with E-state index in [4.69, 9.17) is 4.74 Å². The molecule has 0 aliphatic heterocycles. The van der Waals surface area contributed by atoms with Crippen molar-refractivity contribution < 1.29 is 9.13 Å². The predicted molar refractivity (Wildman–Crippen MR) is 75.9 cm³/mol. The Labute approximate surface area is 118 Å². The van der Waals surface area contributed by atoms with Gasteiger partial charge in [-0.15, -0.1) is 0 Å². The molecule has 0 saturated carbocycles. The number of benzene rings is 1. The van der Waals surface area contributed by atoms with E-state index >= 15 is 0 Å². The average Bonchev–Trinajstić information content (AvgIpc) is 2.79. The van der Waals surface area contributed by atoms with E-state index in [1.54, 1.807) is 6.20 Å². The Balaban J connectivity index is 2.02. The summed E-state index contributed by atoms with van der Waals surface area (Å²) in [5.41, 5.74) is 0.869. The van der Waals surface area contributed by atoms with Crippen molar-refractivity contribution in [3.8, 4) is 5.75 Å². The summed E-state index contributed by atoms with van der Waals surface area (Å²) >= 11 is 0. The lowest BCUT2D eigenvalue weighted by atomic mass is 10.2. The van der Waals surface area contributed by atoms with Crippen molar-refractivity contribution in [2.24, 2.45) is 7.05 Å². The van der Waals surface area contributed by atoms with Crippen LogP contribution in [0, 0.1) is 5.82 Å². The molecule has 1 N–H and O–H groups in total. The molecule has 0 bridgehead atoms. The van der Waals surface area contributed by atoms with Crippen LogP contribution in [-0.4, -0.2) is 15.6 Å². The van der Waals surface area contributed by atoms with Gasteiger partial charge in [0.15, 0.2) is 0 Å². The smallest absolute Gasteiger partial charge is 0.146 e. The standard InChI is InChI=1S/C15H20FN3O/c1-11(2)18-9-12-6-13(16)8-14(7-12)20-10-15-17-4-5-19(15)3/h4-8,11,18H,9-10H2,1-3H3. The summed E-state index contributed by atoms with van der Waals surface area (Å²) in [4.78, 5) is 4.17. The van der Waals surface area contributed by atoms with Crippen LogP contribution in [0.2, 0.25) is 0 Å². The van der Waals surface area contributed by atoms with Gasteiger partial charge in [-0.2, -0.15) is 0 Å². The molecule has 1 heterocycles. The van der Waals surface area contributed by atoms with Crippen LogP contribution in [0.5, 0.6) is 5.75 Å². The van der Waals surface area contributed by atoms with Crippen LogP contribution in [0.15, 0.2) is 30.6 Å². The van der Waals surface area contributed by atoms with Gasteiger partial charge in [0.25, 0.3) is 0 Å². The quantitative estimate of drug-likeness (QED) is 0.882. The van der Waals surface area contributed by atoms with Crippen molar-refractivity contribution in [1.29, 1.82) is 0 Å². The van der Waals surface area contributed by atoms with Gasteiger partial charge in [-0.05, 0) is 17.7 Å². The predicted octanol–water partition coefficient (Wildman–Crippen LogP) is 2.64. The van der Waals surface area contributed by atoms with E-state index in [0.29, 0.717) is 24.9 Å². The minimum atomic E-state index is -0.289. The largest absolute Gasteiger partial charge is 0.486 e. The van der Waals surface area contributed by atoms with Gasteiger partial charge in [0.05, 0.1) is 0 Å². The third kappa shape index (κ3) is 4.06. The molecular formula is C15H20FN3O. The zero-order chi connectivity index (χ0) is 14.5. The number of hydrogen-bond acceptors (Lipinski definition) is 3. The van der Waals surface area contributed by atoms with Crippen LogP contribution >= 0.6 is 0 Å². The van der Waals surface area contributed by atoms with Crippen molar-refractivity contribution >= 4 is 0 Å². The topological polar surface area (TPSA) is 39.1 Å². The lowest BCUT2D eigenvalue weighted by molar-refractivity contribution is 0.290. The molecule has 108 valence electrons. The van der Waals surface area contributed by atoms with Gasteiger partial charge in [0, 0.05) is 38.1 Å². The Morgan fingerprint density at radius 3 is 2.80 bits per heavy atom. The highest BCUT2D eigenvalue weighted by molar-refractivity contribution is 5.29. The van der Waals surface area contributed by atoms with Crippen LogP contribution in [0.3, 0.4) is 0 Å². The summed E-state index contributed by atoms with van der Waals surface area (Å²) in [7, 11) is 1.90. The van der Waals surface area contributed by atoms with Crippen molar-refractivity contribution in [3.63, 3.8) is 0 Å². The molecule has 0 fully saturated rings. The highest BCUT2D eigenvalue weighted by atomic mass is 19.1. The summed E-state index contributed by atoms with van der Waals surface area (Å²) in [5.74, 6) is 1.03. The van der Waals surface area contributed by atoms with Gasteiger partial charge < -0.3 is 14.6 Å². The van der Waals surface area contributed by atoms with E-state index < -0.39 is 0 Å². The van der Waals surface area contributed by atoms with Gasteiger partial charge in [-0.1, -0.05) is 13.8 Å². The molecule has 0 spiro atoms. The Morgan fingerprint density at radius 2 is 2.15 bits per heavy atom. The number of halogens is 1. The minimum absolute atomic E-state index is 0.289. The number of nitrogens with zero attached hydrogens (tertiary/aromatic N) is 2. The number of hydrogen-bond donors (Lipinski definition) is 1. The second kappa shape index (κ2) is 6.52. The number of ether oxygens (including phenoxy) is 1. The molecule has 0 aliphatic rings. The molecule has 1 aromatic carbocycles. The SMILES string of the molecule is CC(C)NCc1cc(F)cc(OCc2nccn2C)c1. The first-order chi connectivity index (χ1) is 9.54. The Bertz CT molecular complexity index is 566. The Morgan fingerprint density at radius 1 is 1.35 bits per heavy atom. The van der Waals surface area contributed by atoms with Crippen molar-refractivity contribution in [1.82, 2.24) is 14.9 Å². The molecule has 5 heteroatoms.